The highest BCUT2D eigenvalue weighted by atomic mass is 32.1. The number of methoxy groups -OCH3 is 1. The van der Waals surface area contributed by atoms with Crippen LogP contribution in [0.1, 0.15) is 28.8 Å². The average molecular weight is 473 g/mol. The zero-order valence-corrected chi connectivity index (χ0v) is 19.7. The molecular formula is C26H24N4O3S. The molecule has 1 aliphatic carbocycles. The molecule has 0 aliphatic heterocycles. The lowest BCUT2D eigenvalue weighted by atomic mass is 10.1. The quantitative estimate of drug-likeness (QED) is 0.287. The third kappa shape index (κ3) is 4.87. The molecule has 1 saturated carbocycles. The Morgan fingerprint density at radius 1 is 1.09 bits per heavy atom. The van der Waals surface area contributed by atoms with Gasteiger partial charge in [0.05, 0.1) is 12.7 Å². The Morgan fingerprint density at radius 2 is 1.91 bits per heavy atom. The van der Waals surface area contributed by atoms with Gasteiger partial charge in [-0.05, 0) is 43.5 Å². The Balaban J connectivity index is 1.41. The first kappa shape index (κ1) is 21.9. The topological polar surface area (TPSA) is 85.4 Å². The van der Waals surface area contributed by atoms with Gasteiger partial charge in [-0.15, -0.1) is 0 Å². The summed E-state index contributed by atoms with van der Waals surface area (Å²) in [6.07, 6.45) is 4.03. The molecule has 34 heavy (non-hydrogen) atoms. The van der Waals surface area contributed by atoms with Crippen molar-refractivity contribution in [3.8, 4) is 22.1 Å². The number of hydrogen-bond donors (Lipinski definition) is 2. The van der Waals surface area contributed by atoms with Crippen LogP contribution in [0, 0.1) is 6.92 Å². The van der Waals surface area contributed by atoms with Gasteiger partial charge in [-0.3, -0.25) is 0 Å². The first-order valence-electron chi connectivity index (χ1n) is 11.0. The SMILES string of the molecule is COC(=O)c1cccc(Nc2cc(Oc3sc(NC4CC4)nc3-c3ccccc3)ccn2)c1C. The fraction of sp³-hybridized carbons (Fsp3) is 0.192. The number of carbonyl (C=O) groups is 1. The van der Waals surface area contributed by atoms with Gasteiger partial charge in [-0.2, -0.15) is 0 Å². The molecule has 0 spiro atoms. The minimum atomic E-state index is -0.375. The molecule has 2 aromatic carbocycles. The van der Waals surface area contributed by atoms with Crippen LogP contribution in [0.3, 0.4) is 0 Å². The molecule has 0 radical (unpaired) electrons. The Bertz CT molecular complexity index is 1320. The Morgan fingerprint density at radius 3 is 2.68 bits per heavy atom. The van der Waals surface area contributed by atoms with Crippen molar-refractivity contribution < 1.29 is 14.3 Å². The highest BCUT2D eigenvalue weighted by Crippen LogP contribution is 2.42. The second-order valence-corrected chi connectivity index (χ2v) is 8.97. The standard InChI is InChI=1S/C26H24N4O3S/c1-16-20(24(31)32-2)9-6-10-21(16)29-22-15-19(13-14-27-22)33-25-23(17-7-4-3-5-8-17)30-26(34-25)28-18-11-12-18/h3-10,13-15,18H,11-12H2,1-2H3,(H,27,29)(H,28,30). The van der Waals surface area contributed by atoms with E-state index in [1.807, 2.05) is 55.5 Å². The smallest absolute Gasteiger partial charge is 0.338 e. The zero-order chi connectivity index (χ0) is 23.5. The summed E-state index contributed by atoms with van der Waals surface area (Å²) in [4.78, 5) is 21.2. The Hall–Kier alpha value is -3.91. The van der Waals surface area contributed by atoms with E-state index in [4.69, 9.17) is 14.5 Å². The van der Waals surface area contributed by atoms with Gasteiger partial charge >= 0.3 is 5.97 Å². The van der Waals surface area contributed by atoms with Gasteiger partial charge in [0.2, 0.25) is 5.06 Å². The number of ether oxygens (including phenoxy) is 2. The summed E-state index contributed by atoms with van der Waals surface area (Å²) in [5, 5.41) is 8.32. The summed E-state index contributed by atoms with van der Waals surface area (Å²) in [5.41, 5.74) is 3.87. The number of nitrogens with zero attached hydrogens (tertiary/aromatic N) is 2. The first-order chi connectivity index (χ1) is 16.6. The molecule has 7 nitrogen and oxygen atoms in total. The fourth-order valence-electron chi connectivity index (χ4n) is 3.51. The lowest BCUT2D eigenvalue weighted by Crippen LogP contribution is -2.06. The van der Waals surface area contributed by atoms with Crippen LogP contribution in [-0.2, 0) is 4.74 Å². The van der Waals surface area contributed by atoms with E-state index in [2.05, 4.69) is 15.6 Å². The van der Waals surface area contributed by atoms with Gasteiger partial charge in [0.25, 0.3) is 0 Å². The number of nitrogens with one attached hydrogen (secondary N) is 2. The van der Waals surface area contributed by atoms with Crippen molar-refractivity contribution in [2.75, 3.05) is 17.7 Å². The van der Waals surface area contributed by atoms with E-state index in [1.54, 1.807) is 18.3 Å². The average Bonchev–Trinajstić information content (AvgIpc) is 3.59. The fourth-order valence-corrected chi connectivity index (χ4v) is 4.44. The molecule has 4 aromatic rings. The van der Waals surface area contributed by atoms with Crippen molar-refractivity contribution in [1.29, 1.82) is 0 Å². The van der Waals surface area contributed by atoms with Crippen molar-refractivity contribution in [3.05, 3.63) is 78.0 Å². The van der Waals surface area contributed by atoms with Crippen LogP contribution in [0.15, 0.2) is 66.9 Å². The largest absolute Gasteiger partial charge is 0.465 e. The Labute approximate surface area is 201 Å². The lowest BCUT2D eigenvalue weighted by Gasteiger charge is -2.12. The monoisotopic (exact) mass is 472 g/mol. The van der Waals surface area contributed by atoms with Gasteiger partial charge in [0, 0.05) is 29.6 Å². The van der Waals surface area contributed by atoms with Crippen molar-refractivity contribution in [3.63, 3.8) is 0 Å². The zero-order valence-electron chi connectivity index (χ0n) is 18.9. The predicted molar refractivity (Wildman–Crippen MR) is 134 cm³/mol. The minimum absolute atomic E-state index is 0.375. The van der Waals surface area contributed by atoms with Crippen LogP contribution in [0.2, 0.25) is 0 Å². The molecule has 1 aliphatic rings. The second-order valence-electron chi connectivity index (χ2n) is 8.01. The van der Waals surface area contributed by atoms with Gasteiger partial charge in [0.1, 0.15) is 17.3 Å². The maximum absolute atomic E-state index is 12.0. The second kappa shape index (κ2) is 9.52. The van der Waals surface area contributed by atoms with Crippen LogP contribution in [-0.4, -0.2) is 29.1 Å². The van der Waals surface area contributed by atoms with E-state index in [9.17, 15) is 4.79 Å². The molecule has 5 rings (SSSR count). The number of benzene rings is 2. The van der Waals surface area contributed by atoms with Crippen LogP contribution in [0.5, 0.6) is 10.8 Å². The molecule has 172 valence electrons. The van der Waals surface area contributed by atoms with E-state index >= 15 is 0 Å². The van der Waals surface area contributed by atoms with Crippen molar-refractivity contribution in [2.24, 2.45) is 0 Å². The number of esters is 1. The minimum Gasteiger partial charge on any atom is -0.465 e. The summed E-state index contributed by atoms with van der Waals surface area (Å²) < 4.78 is 11.2. The predicted octanol–water partition coefficient (Wildman–Crippen LogP) is 6.41. The van der Waals surface area contributed by atoms with Crippen molar-refractivity contribution >= 4 is 33.9 Å². The molecule has 0 saturated heterocycles. The van der Waals surface area contributed by atoms with Gasteiger partial charge in [-0.1, -0.05) is 47.7 Å². The summed E-state index contributed by atoms with van der Waals surface area (Å²) in [5.74, 6) is 0.864. The highest BCUT2D eigenvalue weighted by molar-refractivity contribution is 7.17. The normalized spacial score (nSPS) is 12.8. The maximum Gasteiger partial charge on any atom is 0.338 e. The van der Waals surface area contributed by atoms with E-state index < -0.39 is 0 Å². The third-order valence-electron chi connectivity index (χ3n) is 5.49. The van der Waals surface area contributed by atoms with Crippen LogP contribution < -0.4 is 15.4 Å². The molecule has 0 bridgehead atoms. The first-order valence-corrected chi connectivity index (χ1v) is 11.8. The molecule has 0 atom stereocenters. The number of carbonyl (C=O) groups excluding carboxylic acids is 1. The number of hydrogen-bond acceptors (Lipinski definition) is 8. The lowest BCUT2D eigenvalue weighted by molar-refractivity contribution is 0.0600. The molecule has 2 aromatic heterocycles. The molecule has 2 N–H and O–H groups in total. The van der Waals surface area contributed by atoms with Gasteiger partial charge in [0.15, 0.2) is 5.13 Å². The third-order valence-corrected chi connectivity index (χ3v) is 6.36. The van der Waals surface area contributed by atoms with Crippen LogP contribution >= 0.6 is 11.3 Å². The number of aromatic nitrogens is 2. The Kier molecular flexibility index (Phi) is 6.14. The molecule has 0 amide bonds. The number of rotatable bonds is 8. The number of pyridine rings is 1. The van der Waals surface area contributed by atoms with Crippen molar-refractivity contribution in [2.45, 2.75) is 25.8 Å². The molecule has 1 fully saturated rings. The van der Waals surface area contributed by atoms with E-state index in [-0.39, 0.29) is 5.97 Å². The molecular weight excluding hydrogens is 448 g/mol. The summed E-state index contributed by atoms with van der Waals surface area (Å²) in [6.45, 7) is 1.87. The van der Waals surface area contributed by atoms with E-state index in [1.165, 1.54) is 31.3 Å². The molecule has 2 heterocycles. The van der Waals surface area contributed by atoms with Crippen molar-refractivity contribution in [1.82, 2.24) is 9.97 Å². The number of thiazole rings is 1. The summed E-state index contributed by atoms with van der Waals surface area (Å²) in [6, 6.07) is 19.6. The highest BCUT2D eigenvalue weighted by Gasteiger charge is 2.24. The summed E-state index contributed by atoms with van der Waals surface area (Å²) in [7, 11) is 1.37. The van der Waals surface area contributed by atoms with E-state index in [0.29, 0.717) is 23.2 Å². The molecule has 0 unspecified atom stereocenters. The summed E-state index contributed by atoms with van der Waals surface area (Å²) >= 11 is 1.50. The number of anilines is 3. The van der Waals surface area contributed by atoms with E-state index in [0.717, 1.165) is 32.7 Å². The van der Waals surface area contributed by atoms with Crippen LogP contribution in [0.25, 0.3) is 11.3 Å². The maximum atomic E-state index is 12.0. The van der Waals surface area contributed by atoms with Gasteiger partial charge < -0.3 is 20.1 Å². The molecule has 8 heteroatoms. The van der Waals surface area contributed by atoms with Crippen LogP contribution in [0.4, 0.5) is 16.6 Å². The van der Waals surface area contributed by atoms with Gasteiger partial charge in [-0.25, -0.2) is 14.8 Å².